The third-order valence-corrected chi connectivity index (χ3v) is 3.65. The van der Waals surface area contributed by atoms with Crippen molar-refractivity contribution in [1.29, 1.82) is 0 Å². The Morgan fingerprint density at radius 2 is 1.61 bits per heavy atom. The highest BCUT2D eigenvalue weighted by Gasteiger charge is 2.14. The van der Waals surface area contributed by atoms with Crippen molar-refractivity contribution in [3.05, 3.63) is 53.6 Å². The van der Waals surface area contributed by atoms with E-state index in [0.717, 1.165) is 0 Å². The predicted octanol–water partition coefficient (Wildman–Crippen LogP) is 2.50. The zero-order valence-corrected chi connectivity index (χ0v) is 15.9. The van der Waals surface area contributed by atoms with E-state index in [2.05, 4.69) is 5.32 Å². The fourth-order valence-electron chi connectivity index (χ4n) is 2.33. The maximum Gasteiger partial charge on any atom is 0.341 e. The lowest BCUT2D eigenvalue weighted by molar-refractivity contribution is -0.139. The maximum absolute atomic E-state index is 12.5. The Balaban J connectivity index is 2.13. The van der Waals surface area contributed by atoms with Gasteiger partial charge in [-0.05, 0) is 49.4 Å². The number of carboxylic acids is 1. The van der Waals surface area contributed by atoms with Gasteiger partial charge in [0.05, 0.1) is 6.61 Å². The van der Waals surface area contributed by atoms with Crippen LogP contribution in [0.5, 0.6) is 11.5 Å². The maximum atomic E-state index is 12.5. The summed E-state index contributed by atoms with van der Waals surface area (Å²) in [6.45, 7) is 1.59. The first-order valence-electron chi connectivity index (χ1n) is 8.56. The molecular weight excluding hydrogens is 364 g/mol. The standard InChI is InChI=1S/C20H22N2O6/c1-4-27-17-11-14(7-10-16(17)28-12-18(23)24)19(25)21-15-8-5-13(6-9-15)20(26)22(2)3/h5-11H,4,12H2,1-3H3,(H,21,25)(H,23,24). The molecule has 0 aromatic heterocycles. The fraction of sp³-hybridized carbons (Fsp3) is 0.250. The van der Waals surface area contributed by atoms with Gasteiger partial charge in [-0.2, -0.15) is 0 Å². The molecule has 0 unspecified atom stereocenters. The van der Waals surface area contributed by atoms with Gasteiger partial charge in [-0.25, -0.2) is 4.79 Å². The number of nitrogens with one attached hydrogen (secondary N) is 1. The largest absolute Gasteiger partial charge is 0.490 e. The summed E-state index contributed by atoms with van der Waals surface area (Å²) in [6.07, 6.45) is 0. The first-order chi connectivity index (χ1) is 13.3. The second-order valence-corrected chi connectivity index (χ2v) is 6.01. The summed E-state index contributed by atoms with van der Waals surface area (Å²) in [5.74, 6) is -1.09. The van der Waals surface area contributed by atoms with Crippen LogP contribution in [-0.2, 0) is 4.79 Å². The van der Waals surface area contributed by atoms with Crippen molar-refractivity contribution in [3.8, 4) is 11.5 Å². The summed E-state index contributed by atoms with van der Waals surface area (Å²) in [4.78, 5) is 36.5. The molecule has 148 valence electrons. The molecule has 2 N–H and O–H groups in total. The first-order valence-corrected chi connectivity index (χ1v) is 8.56. The number of hydrogen-bond donors (Lipinski definition) is 2. The number of carbonyl (C=O) groups is 3. The minimum atomic E-state index is -1.11. The minimum absolute atomic E-state index is 0.129. The number of nitrogens with zero attached hydrogens (tertiary/aromatic N) is 1. The minimum Gasteiger partial charge on any atom is -0.490 e. The molecule has 0 aliphatic carbocycles. The quantitative estimate of drug-likeness (QED) is 0.722. The van der Waals surface area contributed by atoms with Crippen molar-refractivity contribution in [1.82, 2.24) is 4.90 Å². The molecule has 0 radical (unpaired) electrons. The third kappa shape index (κ3) is 5.47. The van der Waals surface area contributed by atoms with E-state index in [0.29, 0.717) is 23.4 Å². The summed E-state index contributed by atoms with van der Waals surface area (Å²) in [6, 6.07) is 11.0. The van der Waals surface area contributed by atoms with Gasteiger partial charge in [0, 0.05) is 30.9 Å². The number of hydrogen-bond acceptors (Lipinski definition) is 5. The van der Waals surface area contributed by atoms with Crippen LogP contribution in [0, 0.1) is 0 Å². The SMILES string of the molecule is CCOc1cc(C(=O)Nc2ccc(C(=O)N(C)C)cc2)ccc1OCC(=O)O. The van der Waals surface area contributed by atoms with E-state index in [4.69, 9.17) is 14.6 Å². The molecule has 0 saturated heterocycles. The smallest absolute Gasteiger partial charge is 0.341 e. The first kappa shape index (κ1) is 20.8. The zero-order chi connectivity index (χ0) is 20.7. The molecule has 0 bridgehead atoms. The van der Waals surface area contributed by atoms with Crippen LogP contribution >= 0.6 is 0 Å². The van der Waals surface area contributed by atoms with Crippen LogP contribution in [0.4, 0.5) is 5.69 Å². The van der Waals surface area contributed by atoms with Crippen molar-refractivity contribution in [3.63, 3.8) is 0 Å². The molecular formula is C20H22N2O6. The number of ether oxygens (including phenoxy) is 2. The van der Waals surface area contributed by atoms with Gasteiger partial charge in [0.1, 0.15) is 0 Å². The fourth-order valence-corrected chi connectivity index (χ4v) is 2.33. The Labute approximate surface area is 162 Å². The van der Waals surface area contributed by atoms with Crippen molar-refractivity contribution < 1.29 is 29.0 Å². The number of rotatable bonds is 8. The molecule has 0 atom stereocenters. The lowest BCUT2D eigenvalue weighted by Crippen LogP contribution is -2.21. The topological polar surface area (TPSA) is 105 Å². The second-order valence-electron chi connectivity index (χ2n) is 6.01. The Bertz CT molecular complexity index is 861. The molecule has 8 nitrogen and oxygen atoms in total. The molecule has 0 aliphatic rings. The number of amides is 2. The van der Waals surface area contributed by atoms with Gasteiger partial charge in [-0.1, -0.05) is 0 Å². The predicted molar refractivity (Wildman–Crippen MR) is 103 cm³/mol. The molecule has 2 amide bonds. The summed E-state index contributed by atoms with van der Waals surface area (Å²) < 4.78 is 10.6. The highest BCUT2D eigenvalue weighted by atomic mass is 16.5. The van der Waals surface area contributed by atoms with Crippen LogP contribution in [0.1, 0.15) is 27.6 Å². The van der Waals surface area contributed by atoms with E-state index in [1.54, 1.807) is 45.3 Å². The molecule has 0 saturated carbocycles. The summed E-state index contributed by atoms with van der Waals surface area (Å²) in [5, 5.41) is 11.5. The molecule has 2 rings (SSSR count). The van der Waals surface area contributed by atoms with Crippen LogP contribution in [-0.4, -0.2) is 55.1 Å². The van der Waals surface area contributed by atoms with Crippen molar-refractivity contribution in [2.24, 2.45) is 0 Å². The Kier molecular flexibility index (Phi) is 6.97. The molecule has 0 spiro atoms. The normalized spacial score (nSPS) is 10.1. The monoisotopic (exact) mass is 386 g/mol. The highest BCUT2D eigenvalue weighted by molar-refractivity contribution is 6.05. The van der Waals surface area contributed by atoms with Crippen LogP contribution < -0.4 is 14.8 Å². The molecule has 0 aliphatic heterocycles. The van der Waals surface area contributed by atoms with Gasteiger partial charge >= 0.3 is 5.97 Å². The third-order valence-electron chi connectivity index (χ3n) is 3.65. The summed E-state index contributed by atoms with van der Waals surface area (Å²) >= 11 is 0. The molecule has 8 heteroatoms. The number of aliphatic carboxylic acids is 1. The average molecular weight is 386 g/mol. The summed E-state index contributed by atoms with van der Waals surface area (Å²) in [5.41, 5.74) is 1.37. The Hall–Kier alpha value is -3.55. The van der Waals surface area contributed by atoms with Crippen LogP contribution in [0.2, 0.25) is 0 Å². The van der Waals surface area contributed by atoms with Gasteiger partial charge in [-0.3, -0.25) is 9.59 Å². The highest BCUT2D eigenvalue weighted by Crippen LogP contribution is 2.29. The molecule has 2 aromatic carbocycles. The summed E-state index contributed by atoms with van der Waals surface area (Å²) in [7, 11) is 3.33. The second kappa shape index (κ2) is 9.40. The van der Waals surface area contributed by atoms with Crippen LogP contribution in [0.15, 0.2) is 42.5 Å². The Morgan fingerprint density at radius 1 is 0.964 bits per heavy atom. The van der Waals surface area contributed by atoms with Gasteiger partial charge < -0.3 is 24.8 Å². The zero-order valence-electron chi connectivity index (χ0n) is 15.9. The van der Waals surface area contributed by atoms with E-state index in [1.807, 2.05) is 0 Å². The van der Waals surface area contributed by atoms with E-state index < -0.39 is 12.6 Å². The van der Waals surface area contributed by atoms with Crippen molar-refractivity contribution >= 4 is 23.5 Å². The number of carbonyl (C=O) groups excluding carboxylic acids is 2. The van der Waals surface area contributed by atoms with Gasteiger partial charge in [-0.15, -0.1) is 0 Å². The van der Waals surface area contributed by atoms with Gasteiger partial charge in [0.25, 0.3) is 11.8 Å². The van der Waals surface area contributed by atoms with Crippen LogP contribution in [0.3, 0.4) is 0 Å². The van der Waals surface area contributed by atoms with E-state index in [-0.39, 0.29) is 23.3 Å². The number of carboxylic acid groups (broad SMARTS) is 1. The van der Waals surface area contributed by atoms with E-state index in [9.17, 15) is 14.4 Å². The lowest BCUT2D eigenvalue weighted by atomic mass is 10.1. The molecule has 2 aromatic rings. The van der Waals surface area contributed by atoms with Gasteiger partial charge in [0.15, 0.2) is 18.1 Å². The van der Waals surface area contributed by atoms with Crippen LogP contribution in [0.25, 0.3) is 0 Å². The lowest BCUT2D eigenvalue weighted by Gasteiger charge is -2.13. The number of anilines is 1. The molecule has 28 heavy (non-hydrogen) atoms. The molecule has 0 fully saturated rings. The van der Waals surface area contributed by atoms with E-state index in [1.165, 1.54) is 23.1 Å². The van der Waals surface area contributed by atoms with Crippen molar-refractivity contribution in [2.75, 3.05) is 32.6 Å². The average Bonchev–Trinajstić information content (AvgIpc) is 2.67. The Morgan fingerprint density at radius 3 is 2.18 bits per heavy atom. The van der Waals surface area contributed by atoms with E-state index >= 15 is 0 Å². The molecule has 0 heterocycles. The van der Waals surface area contributed by atoms with Gasteiger partial charge in [0.2, 0.25) is 0 Å². The van der Waals surface area contributed by atoms with Crippen molar-refractivity contribution in [2.45, 2.75) is 6.92 Å². The number of benzene rings is 2.